The van der Waals surface area contributed by atoms with Crippen LogP contribution in [0.1, 0.15) is 30.2 Å². The number of sulfonamides is 1. The number of rotatable bonds is 5. The Labute approximate surface area is 206 Å². The zero-order valence-electron chi connectivity index (χ0n) is 18.9. The average Bonchev–Trinajstić information content (AvgIpc) is 3.14. The molecule has 0 bridgehead atoms. The zero-order chi connectivity index (χ0) is 25.7. The Kier molecular flexibility index (Phi) is 6.71. The van der Waals surface area contributed by atoms with E-state index >= 15 is 0 Å². The molecule has 0 radical (unpaired) electrons. The van der Waals surface area contributed by atoms with E-state index in [9.17, 15) is 31.5 Å². The van der Waals surface area contributed by atoms with Crippen molar-refractivity contribution in [3.05, 3.63) is 58.6 Å². The van der Waals surface area contributed by atoms with Gasteiger partial charge in [0.15, 0.2) is 0 Å². The van der Waals surface area contributed by atoms with E-state index in [1.807, 2.05) is 0 Å². The first-order chi connectivity index (χ1) is 16.3. The van der Waals surface area contributed by atoms with E-state index in [1.54, 1.807) is 49.1 Å². The van der Waals surface area contributed by atoms with Crippen LogP contribution in [0.25, 0.3) is 0 Å². The summed E-state index contributed by atoms with van der Waals surface area (Å²) in [5, 5.41) is 8.36. The lowest BCUT2D eigenvalue weighted by Crippen LogP contribution is -2.59. The van der Waals surface area contributed by atoms with E-state index in [2.05, 4.69) is 4.74 Å². The minimum absolute atomic E-state index is 0.130. The molecule has 2 unspecified atom stereocenters. The maximum Gasteiger partial charge on any atom is 0.573 e. The summed E-state index contributed by atoms with van der Waals surface area (Å²) in [6.45, 7) is 3.76. The van der Waals surface area contributed by atoms with Crippen LogP contribution in [-0.2, 0) is 21.2 Å². The highest BCUT2D eigenvalue weighted by Crippen LogP contribution is 2.45. The summed E-state index contributed by atoms with van der Waals surface area (Å²) in [5.41, 5.74) is 1.60. The van der Waals surface area contributed by atoms with Gasteiger partial charge < -0.3 is 14.7 Å². The minimum Gasteiger partial charge on any atom is -0.481 e. The van der Waals surface area contributed by atoms with Crippen LogP contribution in [0.3, 0.4) is 0 Å². The number of halogens is 4. The van der Waals surface area contributed by atoms with Gasteiger partial charge in [-0.25, -0.2) is 8.42 Å². The fourth-order valence-corrected chi connectivity index (χ4v) is 7.92. The predicted octanol–water partition coefficient (Wildman–Crippen LogP) is 4.47. The Bertz CT molecular complexity index is 1230. The Balaban J connectivity index is 1.62. The fourth-order valence-electron chi connectivity index (χ4n) is 5.19. The van der Waals surface area contributed by atoms with E-state index in [-0.39, 0.29) is 24.5 Å². The number of carbonyl (C=O) groups is 1. The highest BCUT2D eigenvalue weighted by molar-refractivity contribution is 7.89. The number of hydrogen-bond donors (Lipinski definition) is 1. The number of carboxylic acid groups (broad SMARTS) is 1. The van der Waals surface area contributed by atoms with Crippen molar-refractivity contribution in [3.8, 4) is 5.75 Å². The number of nitrogens with zero attached hydrogens (tertiary/aromatic N) is 2. The van der Waals surface area contributed by atoms with Crippen LogP contribution in [0.15, 0.2) is 42.5 Å². The zero-order valence-corrected chi connectivity index (χ0v) is 20.4. The van der Waals surface area contributed by atoms with Crippen LogP contribution >= 0.6 is 11.6 Å². The Morgan fingerprint density at radius 1 is 1.11 bits per heavy atom. The lowest BCUT2D eigenvalue weighted by molar-refractivity contribution is -0.274. The number of alkyl halides is 3. The van der Waals surface area contributed by atoms with Crippen molar-refractivity contribution in [3.63, 3.8) is 0 Å². The van der Waals surface area contributed by atoms with E-state index in [0.717, 1.165) is 0 Å². The van der Waals surface area contributed by atoms with Gasteiger partial charge >= 0.3 is 12.3 Å². The van der Waals surface area contributed by atoms with Gasteiger partial charge in [-0.05, 0) is 43.5 Å². The van der Waals surface area contributed by atoms with Crippen LogP contribution in [0.4, 0.5) is 18.9 Å². The standard InChI is InChI=1S/C23H24ClF3N2O5S/c1-13-11-28(16-7-8-19(24)20(10-16)34-23(25,26)27)12-14(2)29(13)35(32,33)21-17-6-4-3-5-15(17)9-18(21)22(30)31/h3-8,10,13-14,18,21H,9,11-12H2,1-2H3,(H,30,31)/t13?,14?,18-,21+/m0/s1. The minimum atomic E-state index is -4.91. The van der Waals surface area contributed by atoms with Gasteiger partial charge in [-0.3, -0.25) is 4.79 Å². The molecule has 2 aromatic rings. The maximum absolute atomic E-state index is 13.9. The predicted molar refractivity (Wildman–Crippen MR) is 124 cm³/mol. The summed E-state index contributed by atoms with van der Waals surface area (Å²) >= 11 is 5.86. The molecule has 7 nitrogen and oxygen atoms in total. The molecule has 4 rings (SSSR count). The van der Waals surface area contributed by atoms with E-state index in [1.165, 1.54) is 16.4 Å². The number of aliphatic carboxylic acids is 1. The van der Waals surface area contributed by atoms with Crippen molar-refractivity contribution in [1.82, 2.24) is 4.31 Å². The first-order valence-corrected chi connectivity index (χ1v) is 12.8. The van der Waals surface area contributed by atoms with Crippen LogP contribution in [0.5, 0.6) is 5.75 Å². The van der Waals surface area contributed by atoms with Crippen molar-refractivity contribution in [2.24, 2.45) is 5.92 Å². The van der Waals surface area contributed by atoms with Gasteiger partial charge in [0.2, 0.25) is 10.0 Å². The summed E-state index contributed by atoms with van der Waals surface area (Å²) in [4.78, 5) is 13.7. The number of carboxylic acids is 1. The van der Waals surface area contributed by atoms with Crippen LogP contribution < -0.4 is 9.64 Å². The molecule has 0 spiro atoms. The van der Waals surface area contributed by atoms with Gasteiger partial charge in [-0.2, -0.15) is 4.31 Å². The monoisotopic (exact) mass is 532 g/mol. The molecule has 2 aliphatic rings. The molecule has 0 aromatic heterocycles. The third-order valence-corrected chi connectivity index (χ3v) is 9.29. The summed E-state index contributed by atoms with van der Waals surface area (Å²) < 4.78 is 71.3. The molecule has 0 saturated carbocycles. The summed E-state index contributed by atoms with van der Waals surface area (Å²) in [7, 11) is -4.08. The summed E-state index contributed by atoms with van der Waals surface area (Å²) in [6, 6.07) is 9.70. The molecular formula is C23H24ClF3N2O5S. The van der Waals surface area contributed by atoms with Gasteiger partial charge in [0.05, 0.1) is 10.9 Å². The SMILES string of the molecule is CC1CN(c2ccc(Cl)c(OC(F)(F)F)c2)CC(C)N1S(=O)(=O)[C@@H]1c2ccccc2C[C@@H]1C(=O)O. The normalized spacial score (nSPS) is 25.4. The van der Waals surface area contributed by atoms with Crippen LogP contribution in [0.2, 0.25) is 5.02 Å². The number of fused-ring (bicyclic) bond motifs is 1. The highest BCUT2D eigenvalue weighted by Gasteiger charge is 2.50. The van der Waals surface area contributed by atoms with Crippen molar-refractivity contribution in [1.29, 1.82) is 0 Å². The molecule has 1 saturated heterocycles. The lowest BCUT2D eigenvalue weighted by atomic mass is 10.1. The second-order valence-electron chi connectivity index (χ2n) is 8.91. The summed E-state index contributed by atoms with van der Waals surface area (Å²) in [5.74, 6) is -2.82. The van der Waals surface area contributed by atoms with Crippen molar-refractivity contribution in [2.75, 3.05) is 18.0 Å². The number of piperazine rings is 1. The highest BCUT2D eigenvalue weighted by atomic mass is 35.5. The topological polar surface area (TPSA) is 87.2 Å². The van der Waals surface area contributed by atoms with Gasteiger partial charge in [0.25, 0.3) is 0 Å². The first-order valence-electron chi connectivity index (χ1n) is 10.9. The summed E-state index contributed by atoms with van der Waals surface area (Å²) in [6.07, 6.45) is -4.78. The van der Waals surface area contributed by atoms with E-state index in [0.29, 0.717) is 16.8 Å². The molecule has 4 atom stereocenters. The Morgan fingerprint density at radius 3 is 2.34 bits per heavy atom. The average molecular weight is 533 g/mol. The largest absolute Gasteiger partial charge is 0.573 e. The smallest absolute Gasteiger partial charge is 0.481 e. The maximum atomic E-state index is 13.9. The van der Waals surface area contributed by atoms with Crippen LogP contribution in [-0.4, -0.2) is 55.3 Å². The molecular weight excluding hydrogens is 509 g/mol. The van der Waals surface area contributed by atoms with Gasteiger partial charge in [-0.15, -0.1) is 13.2 Å². The third-order valence-electron chi connectivity index (χ3n) is 6.44. The first kappa shape index (κ1) is 25.6. The van der Waals surface area contributed by atoms with Crippen molar-refractivity contribution in [2.45, 2.75) is 44.0 Å². The number of anilines is 1. The second kappa shape index (κ2) is 9.18. The quantitative estimate of drug-likeness (QED) is 0.611. The molecule has 0 amide bonds. The molecule has 190 valence electrons. The van der Waals surface area contributed by atoms with Crippen LogP contribution in [0, 0.1) is 5.92 Å². The van der Waals surface area contributed by atoms with Crippen molar-refractivity contribution < 1.29 is 36.2 Å². The molecule has 1 aliphatic heterocycles. The molecule has 12 heteroatoms. The van der Waals surface area contributed by atoms with Gasteiger partial charge in [0, 0.05) is 36.9 Å². The third kappa shape index (κ3) is 4.94. The molecule has 1 aliphatic carbocycles. The number of hydrogen-bond acceptors (Lipinski definition) is 5. The Morgan fingerprint density at radius 2 is 1.74 bits per heavy atom. The van der Waals surface area contributed by atoms with Crippen molar-refractivity contribution >= 4 is 33.3 Å². The second-order valence-corrected chi connectivity index (χ2v) is 11.3. The van der Waals surface area contributed by atoms with E-state index < -0.39 is 51.4 Å². The number of benzene rings is 2. The number of ether oxygens (including phenoxy) is 1. The van der Waals surface area contributed by atoms with E-state index in [4.69, 9.17) is 11.6 Å². The van der Waals surface area contributed by atoms with Gasteiger partial charge in [0.1, 0.15) is 11.0 Å². The Hall–Kier alpha value is -2.50. The van der Waals surface area contributed by atoms with Gasteiger partial charge in [-0.1, -0.05) is 35.9 Å². The molecule has 1 heterocycles. The lowest BCUT2D eigenvalue weighted by Gasteiger charge is -2.45. The molecule has 1 N–H and O–H groups in total. The fraction of sp³-hybridized carbons (Fsp3) is 0.435. The molecule has 35 heavy (non-hydrogen) atoms. The molecule has 2 aromatic carbocycles. The molecule has 1 fully saturated rings.